The van der Waals surface area contributed by atoms with Gasteiger partial charge < -0.3 is 14.2 Å². The van der Waals surface area contributed by atoms with Gasteiger partial charge in [0.25, 0.3) is 0 Å². The van der Waals surface area contributed by atoms with Gasteiger partial charge >= 0.3 is 5.97 Å². The Morgan fingerprint density at radius 2 is 1.23 bits per heavy atom. The Balaban J connectivity index is 1.92. The Hall–Kier alpha value is -2.75. The van der Waals surface area contributed by atoms with Gasteiger partial charge in [-0.3, -0.25) is 0 Å². The molecule has 0 fully saturated rings. The van der Waals surface area contributed by atoms with Crippen LogP contribution in [0.15, 0.2) is 60.7 Å². The highest BCUT2D eigenvalue weighted by atomic mass is 16.6. The maximum atomic E-state index is 12.0. The molecule has 31 heavy (non-hydrogen) atoms. The molecule has 168 valence electrons. The van der Waals surface area contributed by atoms with E-state index in [1.165, 1.54) is 36.8 Å². The molecule has 0 atom stereocenters. The summed E-state index contributed by atoms with van der Waals surface area (Å²) in [5, 5.41) is 0. The van der Waals surface area contributed by atoms with Crippen molar-refractivity contribution < 1.29 is 19.0 Å². The minimum absolute atomic E-state index is 0.210. The molecule has 0 aliphatic carbocycles. The fourth-order valence-electron chi connectivity index (χ4n) is 3.01. The number of carbonyl (C=O) groups excluding carboxylic acids is 1. The average molecular weight is 425 g/mol. The van der Waals surface area contributed by atoms with Crippen molar-refractivity contribution in [2.75, 3.05) is 13.2 Å². The van der Waals surface area contributed by atoms with Gasteiger partial charge in [0.05, 0.1) is 0 Å². The van der Waals surface area contributed by atoms with Gasteiger partial charge in [-0.1, -0.05) is 57.5 Å². The molecule has 0 spiro atoms. The fourth-order valence-corrected chi connectivity index (χ4v) is 3.01. The second-order valence-corrected chi connectivity index (χ2v) is 7.92. The smallest absolute Gasteiger partial charge is 0.333 e. The van der Waals surface area contributed by atoms with Crippen molar-refractivity contribution in [3.8, 4) is 11.5 Å². The highest BCUT2D eigenvalue weighted by Gasteiger charge is 2.17. The number of hydrogen-bond acceptors (Lipinski definition) is 4. The quantitative estimate of drug-likeness (QED) is 0.263. The van der Waals surface area contributed by atoms with E-state index in [1.807, 2.05) is 24.3 Å². The summed E-state index contributed by atoms with van der Waals surface area (Å²) in [6.07, 6.45) is 6.31. The number of esters is 1. The third-order valence-corrected chi connectivity index (χ3v) is 4.98. The second kappa shape index (κ2) is 13.5. The summed E-state index contributed by atoms with van der Waals surface area (Å²) >= 11 is 0. The molecule has 4 nitrogen and oxygen atoms in total. The van der Waals surface area contributed by atoms with Crippen molar-refractivity contribution in [1.29, 1.82) is 0 Å². The van der Waals surface area contributed by atoms with Crippen molar-refractivity contribution in [3.63, 3.8) is 0 Å². The predicted molar refractivity (Wildman–Crippen MR) is 126 cm³/mol. The first kappa shape index (κ1) is 24.5. The molecule has 0 amide bonds. The molecule has 0 radical (unpaired) electrons. The van der Waals surface area contributed by atoms with Crippen LogP contribution in [0.3, 0.4) is 0 Å². The maximum absolute atomic E-state index is 12.0. The lowest BCUT2D eigenvalue weighted by atomic mass is 10.1. The van der Waals surface area contributed by atoms with Crippen molar-refractivity contribution >= 4 is 5.97 Å². The summed E-state index contributed by atoms with van der Waals surface area (Å²) in [5.41, 5.74) is 2.95. The molecule has 0 saturated carbocycles. The zero-order valence-electron chi connectivity index (χ0n) is 19.2. The molecule has 2 aromatic rings. The van der Waals surface area contributed by atoms with Crippen LogP contribution in [0.4, 0.5) is 0 Å². The van der Waals surface area contributed by atoms with E-state index in [9.17, 15) is 4.79 Å². The molecule has 0 saturated heterocycles. The van der Waals surface area contributed by atoms with Crippen LogP contribution in [-0.4, -0.2) is 25.3 Å². The Bertz CT molecular complexity index is 737. The SMILES string of the molecule is C=C(C)C(=O)OC(COc1ccc(CCCC)cc1)COc1ccc(CCCC)cc1. The average Bonchev–Trinajstić information content (AvgIpc) is 2.79. The molecule has 0 heterocycles. The summed E-state index contributed by atoms with van der Waals surface area (Å²) in [4.78, 5) is 12.0. The first-order valence-electron chi connectivity index (χ1n) is 11.3. The van der Waals surface area contributed by atoms with Crippen LogP contribution in [0.5, 0.6) is 11.5 Å². The number of hydrogen-bond donors (Lipinski definition) is 0. The number of unbranched alkanes of at least 4 members (excludes halogenated alkanes) is 2. The predicted octanol–water partition coefficient (Wildman–Crippen LogP) is 6.32. The molecule has 0 aliphatic rings. The molecular weight excluding hydrogens is 388 g/mol. The summed E-state index contributed by atoms with van der Waals surface area (Å²) in [7, 11) is 0. The Labute approximate surface area is 187 Å². The molecule has 0 aliphatic heterocycles. The lowest BCUT2D eigenvalue weighted by Gasteiger charge is -2.19. The van der Waals surface area contributed by atoms with Gasteiger partial charge in [0.1, 0.15) is 24.7 Å². The van der Waals surface area contributed by atoms with Crippen LogP contribution in [0.1, 0.15) is 57.6 Å². The molecule has 0 N–H and O–H groups in total. The number of aryl methyl sites for hydroxylation is 2. The van der Waals surface area contributed by atoms with Crippen LogP contribution >= 0.6 is 0 Å². The van der Waals surface area contributed by atoms with Crippen LogP contribution in [-0.2, 0) is 22.4 Å². The van der Waals surface area contributed by atoms with Gasteiger partial charge in [0.15, 0.2) is 6.10 Å². The van der Waals surface area contributed by atoms with Gasteiger partial charge in [0.2, 0.25) is 0 Å². The number of rotatable bonds is 14. The van der Waals surface area contributed by atoms with Crippen molar-refractivity contribution in [3.05, 3.63) is 71.8 Å². The molecule has 2 rings (SSSR count). The normalized spacial score (nSPS) is 10.7. The van der Waals surface area contributed by atoms with Crippen molar-refractivity contribution in [2.45, 2.75) is 65.4 Å². The highest BCUT2D eigenvalue weighted by Crippen LogP contribution is 2.17. The first-order valence-corrected chi connectivity index (χ1v) is 11.3. The topological polar surface area (TPSA) is 44.8 Å². The van der Waals surface area contributed by atoms with E-state index >= 15 is 0 Å². The minimum Gasteiger partial charge on any atom is -0.490 e. The van der Waals surface area contributed by atoms with E-state index < -0.39 is 12.1 Å². The number of carbonyl (C=O) groups is 1. The summed E-state index contributed by atoms with van der Waals surface area (Å²) in [5.74, 6) is 1.05. The monoisotopic (exact) mass is 424 g/mol. The van der Waals surface area contributed by atoms with Gasteiger partial charge in [-0.2, -0.15) is 0 Å². The second-order valence-electron chi connectivity index (χ2n) is 7.92. The Morgan fingerprint density at radius 1 is 0.806 bits per heavy atom. The third-order valence-electron chi connectivity index (χ3n) is 4.98. The third kappa shape index (κ3) is 9.29. The van der Waals surface area contributed by atoms with Crippen LogP contribution in [0, 0.1) is 0 Å². The molecule has 2 aromatic carbocycles. The van der Waals surface area contributed by atoms with E-state index in [0.29, 0.717) is 5.57 Å². The van der Waals surface area contributed by atoms with Gasteiger partial charge in [-0.25, -0.2) is 4.79 Å². The molecule has 0 bridgehead atoms. The van der Waals surface area contributed by atoms with Crippen molar-refractivity contribution in [2.24, 2.45) is 0 Å². The molecule has 4 heteroatoms. The summed E-state index contributed by atoms with van der Waals surface area (Å²) in [6, 6.07) is 16.1. The highest BCUT2D eigenvalue weighted by molar-refractivity contribution is 5.87. The van der Waals surface area contributed by atoms with Gasteiger partial charge in [0, 0.05) is 5.57 Å². The summed E-state index contributed by atoms with van der Waals surface area (Å²) < 4.78 is 17.3. The van der Waals surface area contributed by atoms with E-state index in [1.54, 1.807) is 6.92 Å². The van der Waals surface area contributed by atoms with Crippen molar-refractivity contribution in [1.82, 2.24) is 0 Å². The zero-order chi connectivity index (χ0) is 22.5. The lowest BCUT2D eigenvalue weighted by Crippen LogP contribution is -2.31. The van der Waals surface area contributed by atoms with E-state index in [4.69, 9.17) is 14.2 Å². The first-order chi connectivity index (χ1) is 15.0. The standard InChI is InChI=1S/C27H36O4/c1-5-7-9-22-11-15-24(16-12-22)29-19-26(31-27(28)21(3)4)20-30-25-17-13-23(14-18-25)10-8-6-2/h11-18,26H,3,5-10,19-20H2,1-2,4H3. The largest absolute Gasteiger partial charge is 0.490 e. The Kier molecular flexibility index (Phi) is 10.7. The molecule has 0 aromatic heterocycles. The number of benzene rings is 2. The minimum atomic E-state index is -0.538. The number of ether oxygens (including phenoxy) is 3. The van der Waals surface area contributed by atoms with E-state index in [-0.39, 0.29) is 13.2 Å². The molecule has 0 unspecified atom stereocenters. The fraction of sp³-hybridized carbons (Fsp3) is 0.444. The van der Waals surface area contributed by atoms with Crippen LogP contribution in [0.25, 0.3) is 0 Å². The van der Waals surface area contributed by atoms with Gasteiger partial charge in [-0.15, -0.1) is 0 Å². The van der Waals surface area contributed by atoms with Crippen LogP contribution < -0.4 is 9.47 Å². The Morgan fingerprint density at radius 3 is 1.58 bits per heavy atom. The lowest BCUT2D eigenvalue weighted by molar-refractivity contribution is -0.147. The van der Waals surface area contributed by atoms with E-state index in [2.05, 4.69) is 44.7 Å². The van der Waals surface area contributed by atoms with Gasteiger partial charge in [-0.05, 0) is 68.0 Å². The van der Waals surface area contributed by atoms with Crippen LogP contribution in [0.2, 0.25) is 0 Å². The summed E-state index contributed by atoms with van der Waals surface area (Å²) in [6.45, 7) is 10.1. The zero-order valence-corrected chi connectivity index (χ0v) is 19.2. The molecular formula is C27H36O4. The maximum Gasteiger partial charge on any atom is 0.333 e. The van der Waals surface area contributed by atoms with E-state index in [0.717, 1.165) is 24.3 Å².